The van der Waals surface area contributed by atoms with Crippen molar-refractivity contribution in [2.24, 2.45) is 5.92 Å². The van der Waals surface area contributed by atoms with Crippen LogP contribution in [0.1, 0.15) is 23.2 Å². The van der Waals surface area contributed by atoms with E-state index in [2.05, 4.69) is 4.98 Å². The molecule has 0 radical (unpaired) electrons. The molecule has 0 bridgehead atoms. The number of hydrogen-bond donors (Lipinski definition) is 2. The van der Waals surface area contributed by atoms with Crippen molar-refractivity contribution in [3.8, 4) is 5.75 Å². The molecule has 1 aromatic heterocycles. The minimum atomic E-state index is -0.164. The van der Waals surface area contributed by atoms with Crippen LogP contribution < -0.4 is 0 Å². The number of para-hydroxylation sites is 1. The first-order valence-electron chi connectivity index (χ1n) is 7.17. The van der Waals surface area contributed by atoms with E-state index in [9.17, 15) is 9.90 Å². The average molecular weight is 286 g/mol. The van der Waals surface area contributed by atoms with Crippen molar-refractivity contribution in [3.05, 3.63) is 36.0 Å². The third-order valence-electron chi connectivity index (χ3n) is 4.13. The van der Waals surface area contributed by atoms with Gasteiger partial charge in [-0.15, -0.1) is 0 Å². The summed E-state index contributed by atoms with van der Waals surface area (Å²) in [4.78, 5) is 18.6. The second-order valence-corrected chi connectivity index (χ2v) is 5.45. The van der Waals surface area contributed by atoms with Gasteiger partial charge in [-0.25, -0.2) is 0 Å². The highest BCUT2D eigenvalue weighted by atomic mass is 16.3. The maximum atomic E-state index is 12.7. The van der Waals surface area contributed by atoms with Crippen LogP contribution in [0, 0.1) is 5.92 Å². The van der Waals surface area contributed by atoms with Crippen molar-refractivity contribution in [1.82, 2.24) is 9.88 Å². The molecule has 1 amide bonds. The number of aromatic nitrogens is 1. The normalized spacial score (nSPS) is 16.3. The number of piperidine rings is 1. The molecule has 1 aromatic carbocycles. The molecule has 0 aliphatic carbocycles. The van der Waals surface area contributed by atoms with Crippen LogP contribution >= 0.6 is 0 Å². The number of amides is 1. The van der Waals surface area contributed by atoms with E-state index in [1.165, 1.54) is 6.20 Å². The Bertz CT molecular complexity index is 664. The van der Waals surface area contributed by atoms with Gasteiger partial charge in [0.05, 0.1) is 17.3 Å². The lowest BCUT2D eigenvalue weighted by Gasteiger charge is -2.31. The molecule has 1 aliphatic heterocycles. The number of benzene rings is 1. The first-order chi connectivity index (χ1) is 10.2. The number of carbonyl (C=O) groups excluding carboxylic acids is 1. The van der Waals surface area contributed by atoms with Gasteiger partial charge in [0.1, 0.15) is 5.75 Å². The number of aromatic hydroxyl groups is 1. The summed E-state index contributed by atoms with van der Waals surface area (Å²) in [6.07, 6.45) is 2.92. The number of likely N-dealkylation sites (tertiary alicyclic amines) is 1. The molecule has 0 atom stereocenters. The summed E-state index contributed by atoms with van der Waals surface area (Å²) in [6, 6.07) is 7.31. The predicted molar refractivity (Wildman–Crippen MR) is 79.1 cm³/mol. The molecule has 21 heavy (non-hydrogen) atoms. The summed E-state index contributed by atoms with van der Waals surface area (Å²) in [7, 11) is 0. The van der Waals surface area contributed by atoms with Crippen molar-refractivity contribution in [3.63, 3.8) is 0 Å². The summed E-state index contributed by atoms with van der Waals surface area (Å²) < 4.78 is 0. The van der Waals surface area contributed by atoms with Gasteiger partial charge in [-0.05, 0) is 24.8 Å². The van der Waals surface area contributed by atoms with Crippen LogP contribution in [-0.4, -0.2) is 45.7 Å². The Kier molecular flexibility index (Phi) is 3.75. The van der Waals surface area contributed by atoms with Crippen molar-refractivity contribution in [2.75, 3.05) is 19.7 Å². The number of aliphatic hydroxyl groups excluding tert-OH is 1. The third-order valence-corrected chi connectivity index (χ3v) is 4.13. The highest BCUT2D eigenvalue weighted by Gasteiger charge is 2.26. The van der Waals surface area contributed by atoms with Gasteiger partial charge in [-0.3, -0.25) is 9.78 Å². The number of rotatable bonds is 2. The summed E-state index contributed by atoms with van der Waals surface area (Å²) in [5.74, 6) is 0.0299. The van der Waals surface area contributed by atoms with E-state index in [1.807, 2.05) is 18.2 Å². The van der Waals surface area contributed by atoms with Crippen LogP contribution in [0.3, 0.4) is 0 Å². The van der Waals surface area contributed by atoms with E-state index in [4.69, 9.17) is 5.11 Å². The van der Waals surface area contributed by atoms with Gasteiger partial charge in [-0.1, -0.05) is 18.2 Å². The molecular weight excluding hydrogens is 268 g/mol. The standard InChI is InChI=1S/C16H18N2O3/c19-10-11-5-7-18(8-6-11)16(21)15-12-3-1-2-4-13(12)17-9-14(15)20/h1-4,9,11,19-20H,5-8,10H2. The first-order valence-corrected chi connectivity index (χ1v) is 7.17. The minimum absolute atomic E-state index is 0.0806. The lowest BCUT2D eigenvalue weighted by molar-refractivity contribution is 0.0650. The molecule has 3 rings (SSSR count). The van der Waals surface area contributed by atoms with Gasteiger partial charge in [0.15, 0.2) is 0 Å². The lowest BCUT2D eigenvalue weighted by Crippen LogP contribution is -2.39. The molecule has 2 N–H and O–H groups in total. The SMILES string of the molecule is O=C(c1c(O)cnc2ccccc12)N1CCC(CO)CC1. The van der Waals surface area contributed by atoms with Crippen LogP contribution in [0.15, 0.2) is 30.5 Å². The second-order valence-electron chi connectivity index (χ2n) is 5.45. The predicted octanol–water partition coefficient (Wildman–Crippen LogP) is 1.78. The fraction of sp³-hybridized carbons (Fsp3) is 0.375. The molecule has 1 fully saturated rings. The molecule has 2 aromatic rings. The van der Waals surface area contributed by atoms with Crippen molar-refractivity contribution < 1.29 is 15.0 Å². The number of nitrogens with zero attached hydrogens (tertiary/aromatic N) is 2. The van der Waals surface area contributed by atoms with Crippen molar-refractivity contribution in [1.29, 1.82) is 0 Å². The molecule has 0 saturated carbocycles. The Balaban J connectivity index is 1.93. The smallest absolute Gasteiger partial charge is 0.258 e. The van der Waals surface area contributed by atoms with Gasteiger partial charge in [0.2, 0.25) is 0 Å². The lowest BCUT2D eigenvalue weighted by atomic mass is 9.97. The molecule has 1 saturated heterocycles. The van der Waals surface area contributed by atoms with Crippen LogP contribution in [0.4, 0.5) is 0 Å². The van der Waals surface area contributed by atoms with Crippen molar-refractivity contribution >= 4 is 16.8 Å². The van der Waals surface area contributed by atoms with Crippen molar-refractivity contribution in [2.45, 2.75) is 12.8 Å². The van der Waals surface area contributed by atoms with E-state index < -0.39 is 0 Å². The Hall–Kier alpha value is -2.14. The van der Waals surface area contributed by atoms with Gasteiger partial charge < -0.3 is 15.1 Å². The molecule has 0 spiro atoms. The number of fused-ring (bicyclic) bond motifs is 1. The average Bonchev–Trinajstić information content (AvgIpc) is 2.54. The van der Waals surface area contributed by atoms with Gasteiger partial charge in [-0.2, -0.15) is 0 Å². The second kappa shape index (κ2) is 5.69. The minimum Gasteiger partial charge on any atom is -0.505 e. The summed E-state index contributed by atoms with van der Waals surface area (Å²) in [6.45, 7) is 1.39. The molecule has 5 heteroatoms. The Morgan fingerprint density at radius 1 is 1.29 bits per heavy atom. The summed E-state index contributed by atoms with van der Waals surface area (Å²) in [5, 5.41) is 19.9. The quantitative estimate of drug-likeness (QED) is 0.882. The van der Waals surface area contributed by atoms with E-state index >= 15 is 0 Å². The number of carbonyl (C=O) groups is 1. The first kappa shape index (κ1) is 13.8. The van der Waals surface area contributed by atoms with Gasteiger partial charge in [0, 0.05) is 25.1 Å². The van der Waals surface area contributed by atoms with Gasteiger partial charge in [0.25, 0.3) is 5.91 Å². The molecule has 2 heterocycles. The highest BCUT2D eigenvalue weighted by Crippen LogP contribution is 2.28. The van der Waals surface area contributed by atoms with E-state index in [-0.39, 0.29) is 24.2 Å². The third kappa shape index (κ3) is 2.56. The van der Waals surface area contributed by atoms with Crippen LogP contribution in [-0.2, 0) is 0 Å². The Labute approximate surface area is 122 Å². The van der Waals surface area contributed by atoms with Gasteiger partial charge >= 0.3 is 0 Å². The zero-order chi connectivity index (χ0) is 14.8. The fourth-order valence-electron chi connectivity index (χ4n) is 2.83. The summed E-state index contributed by atoms with van der Waals surface area (Å²) in [5.41, 5.74) is 1.02. The van der Waals surface area contributed by atoms with Crippen LogP contribution in [0.5, 0.6) is 5.75 Å². The van der Waals surface area contributed by atoms with Crippen LogP contribution in [0.25, 0.3) is 10.9 Å². The number of hydrogen-bond acceptors (Lipinski definition) is 4. The van der Waals surface area contributed by atoms with E-state index in [0.29, 0.717) is 29.6 Å². The monoisotopic (exact) mass is 286 g/mol. The highest BCUT2D eigenvalue weighted by molar-refractivity contribution is 6.08. The summed E-state index contributed by atoms with van der Waals surface area (Å²) >= 11 is 0. The maximum absolute atomic E-state index is 12.7. The van der Waals surface area contributed by atoms with Crippen LogP contribution in [0.2, 0.25) is 0 Å². The number of aliphatic hydroxyl groups is 1. The van der Waals surface area contributed by atoms with E-state index in [0.717, 1.165) is 12.8 Å². The topological polar surface area (TPSA) is 73.7 Å². The largest absolute Gasteiger partial charge is 0.505 e. The Morgan fingerprint density at radius 3 is 2.71 bits per heavy atom. The molecule has 0 unspecified atom stereocenters. The zero-order valence-corrected chi connectivity index (χ0v) is 11.7. The molecule has 1 aliphatic rings. The number of pyridine rings is 1. The maximum Gasteiger partial charge on any atom is 0.258 e. The molecule has 110 valence electrons. The molecular formula is C16H18N2O3. The zero-order valence-electron chi connectivity index (χ0n) is 11.7. The molecule has 5 nitrogen and oxygen atoms in total. The van der Waals surface area contributed by atoms with E-state index in [1.54, 1.807) is 11.0 Å². The fourth-order valence-corrected chi connectivity index (χ4v) is 2.83. The Morgan fingerprint density at radius 2 is 2.00 bits per heavy atom.